The van der Waals surface area contributed by atoms with Crippen LogP contribution in [0, 0.1) is 0 Å². The summed E-state index contributed by atoms with van der Waals surface area (Å²) in [5.74, 6) is 0. The molecule has 0 amide bonds. The average Bonchev–Trinajstić information content (AvgIpc) is 2.75. The zero-order valence-electron chi connectivity index (χ0n) is 8.95. The van der Waals surface area contributed by atoms with E-state index in [4.69, 9.17) is 17.3 Å². The second-order valence-corrected chi connectivity index (χ2v) is 3.94. The molecule has 0 aliphatic carbocycles. The van der Waals surface area contributed by atoms with Gasteiger partial charge in [0.25, 0.3) is 0 Å². The summed E-state index contributed by atoms with van der Waals surface area (Å²) in [7, 11) is 0. The smallest absolute Gasteiger partial charge is 0.325 e. The van der Waals surface area contributed by atoms with Gasteiger partial charge < -0.3 is 5.73 Å². The van der Waals surface area contributed by atoms with Crippen molar-refractivity contribution in [1.29, 1.82) is 0 Å². The molecule has 0 bridgehead atoms. The summed E-state index contributed by atoms with van der Waals surface area (Å²) in [6.45, 7) is 0.0346. The number of rotatable bonds is 2. The Kier molecular flexibility index (Phi) is 3.27. The van der Waals surface area contributed by atoms with Gasteiger partial charge in [-0.1, -0.05) is 16.8 Å². The Morgan fingerprint density at radius 1 is 1.33 bits per heavy atom. The van der Waals surface area contributed by atoms with Crippen LogP contribution in [-0.4, -0.2) is 15.0 Å². The van der Waals surface area contributed by atoms with Gasteiger partial charge >= 0.3 is 6.18 Å². The lowest BCUT2D eigenvalue weighted by atomic mass is 10.1. The maximum Gasteiger partial charge on any atom is 0.418 e. The molecule has 0 aliphatic rings. The second-order valence-electron chi connectivity index (χ2n) is 3.50. The molecule has 0 atom stereocenters. The maximum absolute atomic E-state index is 12.9. The predicted molar refractivity (Wildman–Crippen MR) is 59.3 cm³/mol. The summed E-state index contributed by atoms with van der Waals surface area (Å²) in [4.78, 5) is 0. The molecule has 0 unspecified atom stereocenters. The zero-order chi connectivity index (χ0) is 13.3. The second kappa shape index (κ2) is 4.58. The van der Waals surface area contributed by atoms with Crippen LogP contribution in [-0.2, 0) is 12.7 Å². The van der Waals surface area contributed by atoms with Crippen molar-refractivity contribution in [1.82, 2.24) is 15.0 Å². The van der Waals surface area contributed by atoms with Crippen LogP contribution in [0.1, 0.15) is 11.3 Å². The van der Waals surface area contributed by atoms with Crippen molar-refractivity contribution in [3.05, 3.63) is 40.7 Å². The largest absolute Gasteiger partial charge is 0.418 e. The number of aromatic nitrogens is 3. The summed E-state index contributed by atoms with van der Waals surface area (Å²) in [5, 5.41) is 7.15. The topological polar surface area (TPSA) is 56.7 Å². The van der Waals surface area contributed by atoms with Crippen molar-refractivity contribution in [2.75, 3.05) is 0 Å². The third-order valence-corrected chi connectivity index (χ3v) is 2.56. The van der Waals surface area contributed by atoms with Crippen molar-refractivity contribution in [3.63, 3.8) is 0 Å². The van der Waals surface area contributed by atoms with Crippen LogP contribution in [0.2, 0.25) is 5.02 Å². The molecule has 18 heavy (non-hydrogen) atoms. The average molecular weight is 277 g/mol. The number of nitrogens with zero attached hydrogens (tertiary/aromatic N) is 3. The van der Waals surface area contributed by atoms with E-state index >= 15 is 0 Å². The normalized spacial score (nSPS) is 11.8. The molecule has 2 aromatic rings. The first-order chi connectivity index (χ1) is 8.43. The lowest BCUT2D eigenvalue weighted by Crippen LogP contribution is -2.14. The fourth-order valence-corrected chi connectivity index (χ4v) is 1.69. The first kappa shape index (κ1) is 12.8. The van der Waals surface area contributed by atoms with Crippen molar-refractivity contribution in [3.8, 4) is 5.69 Å². The van der Waals surface area contributed by atoms with Crippen LogP contribution in [0.4, 0.5) is 13.2 Å². The molecule has 1 aromatic carbocycles. The zero-order valence-corrected chi connectivity index (χ0v) is 9.70. The highest BCUT2D eigenvalue weighted by Crippen LogP contribution is 2.35. The molecule has 1 aromatic heterocycles. The van der Waals surface area contributed by atoms with Crippen LogP contribution in [0.5, 0.6) is 0 Å². The minimum Gasteiger partial charge on any atom is -0.325 e. The van der Waals surface area contributed by atoms with E-state index in [0.29, 0.717) is 5.69 Å². The molecule has 0 radical (unpaired) electrons. The molecule has 0 saturated carbocycles. The Hall–Kier alpha value is -1.60. The molecule has 96 valence electrons. The van der Waals surface area contributed by atoms with E-state index < -0.39 is 11.7 Å². The minimum atomic E-state index is -4.53. The van der Waals surface area contributed by atoms with Crippen LogP contribution in [0.3, 0.4) is 0 Å². The molecular weight excluding hydrogens is 269 g/mol. The Bertz CT molecular complexity index is 564. The third-order valence-electron chi connectivity index (χ3n) is 2.32. The van der Waals surface area contributed by atoms with Gasteiger partial charge in [0.1, 0.15) is 0 Å². The van der Waals surface area contributed by atoms with Gasteiger partial charge in [-0.05, 0) is 18.2 Å². The SMILES string of the molecule is NCc1cnnn1-c1ccc(Cl)cc1C(F)(F)F. The van der Waals surface area contributed by atoms with Gasteiger partial charge in [-0.2, -0.15) is 13.2 Å². The highest BCUT2D eigenvalue weighted by Gasteiger charge is 2.34. The number of benzene rings is 1. The van der Waals surface area contributed by atoms with Gasteiger partial charge in [0.2, 0.25) is 0 Å². The molecule has 4 nitrogen and oxygen atoms in total. The third kappa shape index (κ3) is 2.32. The monoisotopic (exact) mass is 276 g/mol. The predicted octanol–water partition coefficient (Wildman–Crippen LogP) is 2.40. The lowest BCUT2D eigenvalue weighted by Gasteiger charge is -2.14. The molecular formula is C10H8ClF3N4. The van der Waals surface area contributed by atoms with Gasteiger partial charge in [-0.15, -0.1) is 5.10 Å². The highest BCUT2D eigenvalue weighted by atomic mass is 35.5. The minimum absolute atomic E-state index is 0.000453. The Morgan fingerprint density at radius 2 is 2.06 bits per heavy atom. The number of nitrogens with two attached hydrogens (primary N) is 1. The van der Waals surface area contributed by atoms with Crippen LogP contribution in [0.15, 0.2) is 24.4 Å². The number of halogens is 4. The van der Waals surface area contributed by atoms with Gasteiger partial charge in [-0.25, -0.2) is 4.68 Å². The summed E-state index contributed by atoms with van der Waals surface area (Å²) in [6, 6.07) is 3.44. The number of hydrogen-bond acceptors (Lipinski definition) is 3. The summed E-state index contributed by atoms with van der Waals surface area (Å²) in [5.41, 5.74) is 4.76. The van der Waals surface area contributed by atoms with Crippen molar-refractivity contribution in [2.45, 2.75) is 12.7 Å². The first-order valence-electron chi connectivity index (χ1n) is 4.90. The highest BCUT2D eigenvalue weighted by molar-refractivity contribution is 6.30. The van der Waals surface area contributed by atoms with E-state index in [1.54, 1.807) is 0 Å². The van der Waals surface area contributed by atoms with Gasteiger partial charge in [0.05, 0.1) is 23.1 Å². The Labute approximate surface area is 105 Å². The van der Waals surface area contributed by atoms with Gasteiger partial charge in [0, 0.05) is 11.6 Å². The Morgan fingerprint density at radius 3 is 2.67 bits per heavy atom. The Balaban J connectivity index is 2.65. The van der Waals surface area contributed by atoms with E-state index in [9.17, 15) is 13.2 Å². The molecule has 2 N–H and O–H groups in total. The van der Waals surface area contributed by atoms with Crippen molar-refractivity contribution < 1.29 is 13.2 Å². The van der Waals surface area contributed by atoms with Crippen LogP contribution in [0.25, 0.3) is 5.69 Å². The van der Waals surface area contributed by atoms with E-state index in [0.717, 1.165) is 10.7 Å². The molecule has 0 saturated heterocycles. The number of hydrogen-bond donors (Lipinski definition) is 1. The van der Waals surface area contributed by atoms with E-state index in [1.807, 2.05) is 0 Å². The fourth-order valence-electron chi connectivity index (χ4n) is 1.52. The van der Waals surface area contributed by atoms with Crippen LogP contribution >= 0.6 is 11.6 Å². The quantitative estimate of drug-likeness (QED) is 0.916. The van der Waals surface area contributed by atoms with Gasteiger partial charge in [0.15, 0.2) is 0 Å². The summed E-state index contributed by atoms with van der Waals surface area (Å²) >= 11 is 5.59. The molecule has 8 heteroatoms. The summed E-state index contributed by atoms with van der Waals surface area (Å²) in [6.07, 6.45) is -3.22. The van der Waals surface area contributed by atoms with E-state index in [1.165, 1.54) is 18.3 Å². The van der Waals surface area contributed by atoms with Crippen molar-refractivity contribution >= 4 is 11.6 Å². The molecule has 1 heterocycles. The standard InChI is InChI=1S/C10H8ClF3N4/c11-6-1-2-9(8(3-6)10(12,13)14)18-7(4-15)5-16-17-18/h1-3,5H,4,15H2. The van der Waals surface area contributed by atoms with E-state index in [2.05, 4.69) is 10.3 Å². The molecule has 0 aliphatic heterocycles. The van der Waals surface area contributed by atoms with Crippen molar-refractivity contribution in [2.24, 2.45) is 5.73 Å². The van der Waals surface area contributed by atoms with E-state index in [-0.39, 0.29) is 17.3 Å². The van der Waals surface area contributed by atoms with Crippen LogP contribution < -0.4 is 5.73 Å². The number of alkyl halides is 3. The molecule has 0 spiro atoms. The molecule has 2 rings (SSSR count). The maximum atomic E-state index is 12.9. The lowest BCUT2D eigenvalue weighted by molar-refractivity contribution is -0.137. The molecule has 0 fully saturated rings. The summed E-state index contributed by atoms with van der Waals surface area (Å²) < 4.78 is 39.8. The van der Waals surface area contributed by atoms with Gasteiger partial charge in [-0.3, -0.25) is 0 Å². The fraction of sp³-hybridized carbons (Fsp3) is 0.200. The first-order valence-corrected chi connectivity index (χ1v) is 5.28.